The summed E-state index contributed by atoms with van der Waals surface area (Å²) in [5.74, 6) is 0.186. The Labute approximate surface area is 88.2 Å². The van der Waals surface area contributed by atoms with Crippen molar-refractivity contribution in [2.75, 3.05) is 0 Å². The van der Waals surface area contributed by atoms with Crippen molar-refractivity contribution in [2.24, 2.45) is 0 Å². The summed E-state index contributed by atoms with van der Waals surface area (Å²) in [6.07, 6.45) is 3.39. The first-order valence-electron chi connectivity index (χ1n) is 4.64. The summed E-state index contributed by atoms with van der Waals surface area (Å²) in [5.41, 5.74) is 2.25. The fraction of sp³-hybridized carbons (Fsp3) is 0. The van der Waals surface area contributed by atoms with Crippen LogP contribution in [0.3, 0.4) is 0 Å². The Hall–Kier alpha value is -2.09. The molecular formula is C13H11NO. The minimum absolute atomic E-state index is 0.186. The van der Waals surface area contributed by atoms with Crippen molar-refractivity contribution < 1.29 is 5.11 Å². The molecular weight excluding hydrogens is 186 g/mol. The lowest BCUT2D eigenvalue weighted by atomic mass is 10.1. The molecule has 1 aromatic heterocycles. The smallest absolute Gasteiger partial charge is 0.141 e. The van der Waals surface area contributed by atoms with Gasteiger partial charge in [0.1, 0.15) is 11.3 Å². The number of hydrogen-bond donors (Lipinski definition) is 1. The van der Waals surface area contributed by atoms with Gasteiger partial charge < -0.3 is 5.11 Å². The summed E-state index contributed by atoms with van der Waals surface area (Å²) in [7, 11) is 0. The van der Waals surface area contributed by atoms with Gasteiger partial charge in [-0.2, -0.15) is 0 Å². The van der Waals surface area contributed by atoms with E-state index in [0.29, 0.717) is 5.52 Å². The van der Waals surface area contributed by atoms with Crippen LogP contribution in [-0.4, -0.2) is 10.1 Å². The molecule has 0 atom stereocenters. The summed E-state index contributed by atoms with van der Waals surface area (Å²) in [6, 6.07) is 7.25. The maximum absolute atomic E-state index is 9.63. The summed E-state index contributed by atoms with van der Waals surface area (Å²) in [5, 5.41) is 10.5. The van der Waals surface area contributed by atoms with Crippen LogP contribution < -0.4 is 0 Å². The molecule has 15 heavy (non-hydrogen) atoms. The number of pyridine rings is 1. The van der Waals surface area contributed by atoms with E-state index in [4.69, 9.17) is 0 Å². The molecule has 1 aromatic carbocycles. The minimum Gasteiger partial charge on any atom is -0.506 e. The van der Waals surface area contributed by atoms with Crippen LogP contribution in [0.25, 0.3) is 23.1 Å². The number of phenols is 1. The van der Waals surface area contributed by atoms with E-state index < -0.39 is 0 Å². The van der Waals surface area contributed by atoms with Crippen LogP contribution in [-0.2, 0) is 0 Å². The molecule has 0 saturated carbocycles. The van der Waals surface area contributed by atoms with E-state index in [1.165, 1.54) is 0 Å². The number of aromatic nitrogens is 1. The quantitative estimate of drug-likeness (QED) is 0.801. The average Bonchev–Trinajstić information content (AvgIpc) is 2.28. The van der Waals surface area contributed by atoms with E-state index in [1.807, 2.05) is 12.1 Å². The van der Waals surface area contributed by atoms with Crippen LogP contribution in [0.4, 0.5) is 0 Å². The Morgan fingerprint density at radius 3 is 2.67 bits per heavy atom. The number of benzene rings is 1. The molecule has 2 nitrogen and oxygen atoms in total. The Bertz CT molecular complexity index is 543. The summed E-state index contributed by atoms with van der Waals surface area (Å²) in [6.45, 7) is 7.40. The van der Waals surface area contributed by atoms with Crippen molar-refractivity contribution in [2.45, 2.75) is 0 Å². The van der Waals surface area contributed by atoms with E-state index in [-0.39, 0.29) is 5.75 Å². The summed E-state index contributed by atoms with van der Waals surface area (Å²) >= 11 is 0. The molecule has 0 bridgehead atoms. The predicted octanol–water partition coefficient (Wildman–Crippen LogP) is 3.23. The van der Waals surface area contributed by atoms with E-state index in [9.17, 15) is 5.11 Å². The summed E-state index contributed by atoms with van der Waals surface area (Å²) < 4.78 is 0. The summed E-state index contributed by atoms with van der Waals surface area (Å²) in [4.78, 5) is 4.32. The van der Waals surface area contributed by atoms with Crippen LogP contribution in [0, 0.1) is 0 Å². The van der Waals surface area contributed by atoms with Gasteiger partial charge in [0.05, 0.1) is 5.69 Å². The maximum Gasteiger partial charge on any atom is 0.141 e. The fourth-order valence-electron chi connectivity index (χ4n) is 1.54. The molecule has 0 spiro atoms. The van der Waals surface area contributed by atoms with Crippen molar-refractivity contribution >= 4 is 23.1 Å². The maximum atomic E-state index is 9.63. The second kappa shape index (κ2) is 3.58. The number of fused-ring (bicyclic) bond motifs is 1. The van der Waals surface area contributed by atoms with Gasteiger partial charge in [-0.15, -0.1) is 0 Å². The highest BCUT2D eigenvalue weighted by Crippen LogP contribution is 2.25. The molecule has 0 aliphatic rings. The fourth-order valence-corrected chi connectivity index (χ4v) is 1.54. The van der Waals surface area contributed by atoms with Gasteiger partial charge in [0.2, 0.25) is 0 Å². The Morgan fingerprint density at radius 1 is 1.20 bits per heavy atom. The van der Waals surface area contributed by atoms with Crippen LogP contribution in [0.1, 0.15) is 11.3 Å². The molecule has 0 aliphatic carbocycles. The van der Waals surface area contributed by atoms with Gasteiger partial charge in [-0.25, -0.2) is 4.98 Å². The number of nitrogens with zero attached hydrogens (tertiary/aromatic N) is 1. The molecule has 2 heteroatoms. The van der Waals surface area contributed by atoms with Crippen molar-refractivity contribution in [3.63, 3.8) is 0 Å². The van der Waals surface area contributed by atoms with E-state index >= 15 is 0 Å². The molecule has 0 fully saturated rings. The molecule has 0 amide bonds. The molecule has 0 aliphatic heterocycles. The third-order valence-electron chi connectivity index (χ3n) is 2.30. The number of hydrogen-bond acceptors (Lipinski definition) is 2. The van der Waals surface area contributed by atoms with Gasteiger partial charge >= 0.3 is 0 Å². The van der Waals surface area contributed by atoms with Gasteiger partial charge in [-0.05, 0) is 18.2 Å². The second-order valence-corrected chi connectivity index (χ2v) is 3.22. The van der Waals surface area contributed by atoms with Gasteiger partial charge in [-0.3, -0.25) is 0 Å². The zero-order valence-electron chi connectivity index (χ0n) is 8.27. The van der Waals surface area contributed by atoms with E-state index in [0.717, 1.165) is 16.6 Å². The molecule has 2 rings (SSSR count). The highest BCUT2D eigenvalue weighted by Gasteiger charge is 2.04. The number of rotatable bonds is 2. The first-order chi connectivity index (χ1) is 7.26. The van der Waals surface area contributed by atoms with Gasteiger partial charge in [-0.1, -0.05) is 31.4 Å². The van der Waals surface area contributed by atoms with Crippen molar-refractivity contribution in [1.29, 1.82) is 0 Å². The van der Waals surface area contributed by atoms with Gasteiger partial charge in [0.15, 0.2) is 0 Å². The average molecular weight is 197 g/mol. The standard InChI is InChI=1S/C13H11NO/c1-3-9-8-10-6-5-7-12(15)13(10)14-11(9)4-2/h3-8,15H,1-2H2. The van der Waals surface area contributed by atoms with Crippen molar-refractivity contribution in [3.05, 3.63) is 48.7 Å². The largest absolute Gasteiger partial charge is 0.506 e. The zero-order valence-corrected chi connectivity index (χ0v) is 8.27. The van der Waals surface area contributed by atoms with Gasteiger partial charge in [0.25, 0.3) is 0 Å². The molecule has 74 valence electrons. The molecule has 0 saturated heterocycles. The molecule has 1 heterocycles. The monoisotopic (exact) mass is 197 g/mol. The zero-order chi connectivity index (χ0) is 10.8. The SMILES string of the molecule is C=Cc1cc2cccc(O)c2nc1C=C. The molecule has 1 N–H and O–H groups in total. The van der Waals surface area contributed by atoms with Crippen molar-refractivity contribution in [3.8, 4) is 5.75 Å². The second-order valence-electron chi connectivity index (χ2n) is 3.22. The van der Waals surface area contributed by atoms with E-state index in [1.54, 1.807) is 24.3 Å². The highest BCUT2D eigenvalue weighted by molar-refractivity contribution is 5.87. The normalized spacial score (nSPS) is 10.1. The number of aromatic hydroxyl groups is 1. The topological polar surface area (TPSA) is 33.1 Å². The minimum atomic E-state index is 0.186. The highest BCUT2D eigenvalue weighted by atomic mass is 16.3. The first kappa shape index (κ1) is 9.46. The Balaban J connectivity index is 2.86. The van der Waals surface area contributed by atoms with Crippen molar-refractivity contribution in [1.82, 2.24) is 4.98 Å². The molecule has 2 aromatic rings. The third-order valence-corrected chi connectivity index (χ3v) is 2.30. The third kappa shape index (κ3) is 1.50. The number of para-hydroxylation sites is 1. The van der Waals surface area contributed by atoms with Gasteiger partial charge in [0, 0.05) is 10.9 Å². The lowest BCUT2D eigenvalue weighted by molar-refractivity contribution is 0.480. The Morgan fingerprint density at radius 2 is 2.00 bits per heavy atom. The van der Waals surface area contributed by atoms with E-state index in [2.05, 4.69) is 18.1 Å². The first-order valence-corrected chi connectivity index (χ1v) is 4.64. The Kier molecular flexibility index (Phi) is 2.26. The molecule has 0 radical (unpaired) electrons. The molecule has 0 unspecified atom stereocenters. The lowest BCUT2D eigenvalue weighted by Crippen LogP contribution is -1.88. The van der Waals surface area contributed by atoms with Crippen LogP contribution in [0.5, 0.6) is 5.75 Å². The number of phenolic OH excluding ortho intramolecular Hbond substituents is 1. The van der Waals surface area contributed by atoms with Crippen LogP contribution in [0.15, 0.2) is 37.4 Å². The van der Waals surface area contributed by atoms with Crippen LogP contribution >= 0.6 is 0 Å². The lowest BCUT2D eigenvalue weighted by Gasteiger charge is -2.04. The predicted molar refractivity (Wildman–Crippen MR) is 63.6 cm³/mol. The van der Waals surface area contributed by atoms with Crippen LogP contribution in [0.2, 0.25) is 0 Å².